The molecule has 0 atom stereocenters. The summed E-state index contributed by atoms with van der Waals surface area (Å²) in [6, 6.07) is 11.3. The number of amides is 1. The standard InChI is InChI=1S/C17H16BrNO3/c1-2-11-5-3-4-6-14(11)19-17(20)12-9-15-16(10-13(12)18)22-8-7-21-15/h3-6,9-10H,2,7-8H2,1H3,(H,19,20). The van der Waals surface area contributed by atoms with Crippen molar-refractivity contribution >= 4 is 27.5 Å². The van der Waals surface area contributed by atoms with Gasteiger partial charge in [-0.2, -0.15) is 0 Å². The second-order valence-corrected chi connectivity index (χ2v) is 5.79. The highest BCUT2D eigenvalue weighted by Gasteiger charge is 2.19. The zero-order valence-electron chi connectivity index (χ0n) is 12.2. The Morgan fingerprint density at radius 2 is 1.86 bits per heavy atom. The number of carbonyl (C=O) groups is 1. The summed E-state index contributed by atoms with van der Waals surface area (Å²) in [6.45, 7) is 3.08. The lowest BCUT2D eigenvalue weighted by molar-refractivity contribution is 0.102. The van der Waals surface area contributed by atoms with Crippen LogP contribution >= 0.6 is 15.9 Å². The number of halogens is 1. The first-order valence-electron chi connectivity index (χ1n) is 7.17. The summed E-state index contributed by atoms with van der Waals surface area (Å²) in [5, 5.41) is 2.96. The molecule has 3 rings (SSSR count). The van der Waals surface area contributed by atoms with Gasteiger partial charge >= 0.3 is 0 Å². The van der Waals surface area contributed by atoms with Crippen molar-refractivity contribution in [2.24, 2.45) is 0 Å². The fourth-order valence-corrected chi connectivity index (χ4v) is 2.88. The largest absolute Gasteiger partial charge is 0.486 e. The molecule has 0 saturated heterocycles. The van der Waals surface area contributed by atoms with Gasteiger partial charge in [-0.15, -0.1) is 0 Å². The predicted octanol–water partition coefficient (Wildman–Crippen LogP) is 4.04. The van der Waals surface area contributed by atoms with Crippen molar-refractivity contribution < 1.29 is 14.3 Å². The van der Waals surface area contributed by atoms with E-state index in [0.717, 1.165) is 17.7 Å². The molecule has 1 amide bonds. The van der Waals surface area contributed by atoms with Crippen LogP contribution < -0.4 is 14.8 Å². The molecule has 0 unspecified atom stereocenters. The van der Waals surface area contributed by atoms with Gasteiger partial charge < -0.3 is 14.8 Å². The highest BCUT2D eigenvalue weighted by atomic mass is 79.9. The number of rotatable bonds is 3. The minimum atomic E-state index is -0.176. The molecule has 1 heterocycles. The number of hydrogen-bond donors (Lipinski definition) is 1. The molecule has 0 spiro atoms. The third-order valence-electron chi connectivity index (χ3n) is 3.52. The van der Waals surface area contributed by atoms with Gasteiger partial charge in [-0.05, 0) is 46.1 Å². The molecule has 0 aromatic heterocycles. The van der Waals surface area contributed by atoms with Crippen LogP contribution in [0, 0.1) is 0 Å². The Morgan fingerprint density at radius 3 is 2.59 bits per heavy atom. The van der Waals surface area contributed by atoms with Crippen LogP contribution in [-0.2, 0) is 6.42 Å². The van der Waals surface area contributed by atoms with Crippen LogP contribution in [0.5, 0.6) is 11.5 Å². The number of para-hydroxylation sites is 1. The summed E-state index contributed by atoms with van der Waals surface area (Å²) in [5.74, 6) is 1.08. The molecule has 1 N–H and O–H groups in total. The first-order valence-corrected chi connectivity index (χ1v) is 7.96. The molecular weight excluding hydrogens is 346 g/mol. The van der Waals surface area contributed by atoms with E-state index >= 15 is 0 Å². The minimum Gasteiger partial charge on any atom is -0.486 e. The predicted molar refractivity (Wildman–Crippen MR) is 88.9 cm³/mol. The van der Waals surface area contributed by atoms with E-state index in [1.54, 1.807) is 12.1 Å². The van der Waals surface area contributed by atoms with Crippen molar-refractivity contribution in [1.29, 1.82) is 0 Å². The van der Waals surface area contributed by atoms with E-state index in [1.165, 1.54) is 0 Å². The molecule has 0 saturated carbocycles. The number of anilines is 1. The van der Waals surface area contributed by atoms with E-state index in [-0.39, 0.29) is 5.91 Å². The molecule has 0 aliphatic carbocycles. The molecule has 1 aliphatic rings. The van der Waals surface area contributed by atoms with Crippen molar-refractivity contribution in [2.75, 3.05) is 18.5 Å². The number of ether oxygens (including phenoxy) is 2. The second-order valence-electron chi connectivity index (χ2n) is 4.94. The Morgan fingerprint density at radius 1 is 1.18 bits per heavy atom. The summed E-state index contributed by atoms with van der Waals surface area (Å²) in [5.41, 5.74) is 2.46. The fourth-order valence-electron chi connectivity index (χ4n) is 2.38. The lowest BCUT2D eigenvalue weighted by Gasteiger charge is -2.20. The first-order chi connectivity index (χ1) is 10.7. The highest BCUT2D eigenvalue weighted by molar-refractivity contribution is 9.10. The molecule has 4 nitrogen and oxygen atoms in total. The third-order valence-corrected chi connectivity index (χ3v) is 4.18. The van der Waals surface area contributed by atoms with Gasteiger partial charge in [0.2, 0.25) is 0 Å². The maximum Gasteiger partial charge on any atom is 0.256 e. The summed E-state index contributed by atoms with van der Waals surface area (Å²) >= 11 is 3.43. The highest BCUT2D eigenvalue weighted by Crippen LogP contribution is 2.35. The van der Waals surface area contributed by atoms with Crippen LogP contribution in [0.2, 0.25) is 0 Å². The summed E-state index contributed by atoms with van der Waals surface area (Å²) in [4.78, 5) is 12.6. The van der Waals surface area contributed by atoms with Gasteiger partial charge in [-0.1, -0.05) is 25.1 Å². The van der Waals surface area contributed by atoms with Crippen molar-refractivity contribution in [1.82, 2.24) is 0 Å². The third kappa shape index (κ3) is 2.95. The summed E-state index contributed by atoms with van der Waals surface area (Å²) in [6.07, 6.45) is 0.860. The van der Waals surface area contributed by atoms with Gasteiger partial charge in [0.1, 0.15) is 13.2 Å². The number of benzene rings is 2. The molecule has 5 heteroatoms. The Kier molecular flexibility index (Phi) is 4.34. The zero-order valence-corrected chi connectivity index (χ0v) is 13.8. The van der Waals surface area contributed by atoms with Gasteiger partial charge in [0.05, 0.1) is 5.56 Å². The lowest BCUT2D eigenvalue weighted by Crippen LogP contribution is -2.18. The van der Waals surface area contributed by atoms with Crippen LogP contribution in [0.25, 0.3) is 0 Å². The van der Waals surface area contributed by atoms with E-state index in [0.29, 0.717) is 34.7 Å². The van der Waals surface area contributed by atoms with Gasteiger partial charge in [0.25, 0.3) is 5.91 Å². The van der Waals surface area contributed by atoms with Crippen molar-refractivity contribution in [3.8, 4) is 11.5 Å². The maximum absolute atomic E-state index is 12.6. The van der Waals surface area contributed by atoms with Crippen LogP contribution in [0.4, 0.5) is 5.69 Å². The number of aryl methyl sites for hydroxylation is 1. The quantitative estimate of drug-likeness (QED) is 0.897. The molecule has 0 radical (unpaired) electrons. The minimum absolute atomic E-state index is 0.176. The average Bonchev–Trinajstić information content (AvgIpc) is 2.54. The van der Waals surface area contributed by atoms with Crippen molar-refractivity contribution in [3.63, 3.8) is 0 Å². The zero-order chi connectivity index (χ0) is 15.5. The van der Waals surface area contributed by atoms with E-state index in [4.69, 9.17) is 9.47 Å². The first kappa shape index (κ1) is 14.9. The van der Waals surface area contributed by atoms with Crippen molar-refractivity contribution in [3.05, 3.63) is 52.0 Å². The van der Waals surface area contributed by atoms with Gasteiger partial charge in [-0.25, -0.2) is 0 Å². The molecule has 0 bridgehead atoms. The molecule has 1 aliphatic heterocycles. The summed E-state index contributed by atoms with van der Waals surface area (Å²) in [7, 11) is 0. The number of fused-ring (bicyclic) bond motifs is 1. The summed E-state index contributed by atoms with van der Waals surface area (Å²) < 4.78 is 11.7. The lowest BCUT2D eigenvalue weighted by atomic mass is 10.1. The van der Waals surface area contributed by atoms with Crippen LogP contribution in [0.15, 0.2) is 40.9 Å². The average molecular weight is 362 g/mol. The molecule has 114 valence electrons. The molecule has 0 fully saturated rings. The molecule has 2 aromatic rings. The van der Waals surface area contributed by atoms with E-state index in [2.05, 4.69) is 28.2 Å². The van der Waals surface area contributed by atoms with Crippen LogP contribution in [-0.4, -0.2) is 19.1 Å². The maximum atomic E-state index is 12.6. The normalized spacial score (nSPS) is 12.8. The SMILES string of the molecule is CCc1ccccc1NC(=O)c1cc2c(cc1Br)OCCO2. The molecule has 2 aromatic carbocycles. The molecule has 22 heavy (non-hydrogen) atoms. The van der Waals surface area contributed by atoms with E-state index in [1.807, 2.05) is 24.3 Å². The number of nitrogens with one attached hydrogen (secondary N) is 1. The Labute approximate surface area is 137 Å². The van der Waals surface area contributed by atoms with Gasteiger partial charge in [0.15, 0.2) is 11.5 Å². The van der Waals surface area contributed by atoms with Gasteiger partial charge in [-0.3, -0.25) is 4.79 Å². The Hall–Kier alpha value is -2.01. The van der Waals surface area contributed by atoms with E-state index in [9.17, 15) is 4.79 Å². The second kappa shape index (κ2) is 6.40. The van der Waals surface area contributed by atoms with Crippen LogP contribution in [0.3, 0.4) is 0 Å². The van der Waals surface area contributed by atoms with Crippen molar-refractivity contribution in [2.45, 2.75) is 13.3 Å². The Bertz CT molecular complexity index is 715. The van der Waals surface area contributed by atoms with E-state index < -0.39 is 0 Å². The van der Waals surface area contributed by atoms with Crippen LogP contribution in [0.1, 0.15) is 22.8 Å². The monoisotopic (exact) mass is 361 g/mol. The van der Waals surface area contributed by atoms with Gasteiger partial charge in [0, 0.05) is 10.2 Å². The topological polar surface area (TPSA) is 47.6 Å². The smallest absolute Gasteiger partial charge is 0.256 e. The number of carbonyl (C=O) groups excluding carboxylic acids is 1. The molecular formula is C17H16BrNO3. The fraction of sp³-hybridized carbons (Fsp3) is 0.235. The Balaban J connectivity index is 1.89. The number of hydrogen-bond acceptors (Lipinski definition) is 3.